The van der Waals surface area contributed by atoms with Gasteiger partial charge in [0.05, 0.1) is 16.1 Å². The van der Waals surface area contributed by atoms with E-state index in [1.807, 2.05) is 13.8 Å². The van der Waals surface area contributed by atoms with Crippen LogP contribution >= 0.6 is 0 Å². The van der Waals surface area contributed by atoms with E-state index in [0.717, 1.165) is 6.42 Å². The highest BCUT2D eigenvalue weighted by Gasteiger charge is 2.33. The Labute approximate surface area is 220 Å². The van der Waals surface area contributed by atoms with Gasteiger partial charge >= 0.3 is 0 Å². The Morgan fingerprint density at radius 1 is 1.03 bits per heavy atom. The van der Waals surface area contributed by atoms with Crippen molar-refractivity contribution in [1.29, 1.82) is 0 Å². The Kier molecular flexibility index (Phi) is 10.1. The van der Waals surface area contributed by atoms with Gasteiger partial charge in [0.2, 0.25) is 5.95 Å². The third kappa shape index (κ3) is 7.94. The van der Waals surface area contributed by atoms with Crippen molar-refractivity contribution in [2.45, 2.75) is 48.0 Å². The van der Waals surface area contributed by atoms with Gasteiger partial charge < -0.3 is 14.9 Å². The van der Waals surface area contributed by atoms with Gasteiger partial charge in [-0.1, -0.05) is 65.1 Å². The number of nitrogens with one attached hydrogen (secondary N) is 1. The van der Waals surface area contributed by atoms with Gasteiger partial charge in [-0.25, -0.2) is 4.98 Å². The van der Waals surface area contributed by atoms with Crippen molar-refractivity contribution in [3.8, 4) is 5.75 Å². The Hall–Kier alpha value is -3.61. The number of amides is 1. The van der Waals surface area contributed by atoms with Gasteiger partial charge in [0, 0.05) is 26.2 Å². The first-order valence-electron chi connectivity index (χ1n) is 12.8. The zero-order chi connectivity index (χ0) is 27.8. The van der Waals surface area contributed by atoms with E-state index in [2.05, 4.69) is 50.7 Å². The summed E-state index contributed by atoms with van der Waals surface area (Å²) in [4.78, 5) is 37.4. The van der Waals surface area contributed by atoms with Crippen LogP contribution in [0.1, 0.15) is 58.3 Å². The van der Waals surface area contributed by atoms with Crippen molar-refractivity contribution in [3.05, 3.63) is 76.1 Å². The monoisotopic (exact) mass is 506 g/mol. The quantitative estimate of drug-likeness (QED) is 0.457. The number of phenols is 1. The van der Waals surface area contributed by atoms with Crippen LogP contribution in [0.3, 0.4) is 0 Å². The standard InChI is InChI=1S/C30H42N4O3/c1-9-15-22-24(16-10-2)31-28(32-26(22)36)34(12-4)21-30(7,8)19-29(5,6)20-33(11-3)27(37)23-17-13-14-18-25(23)35/h9-10,13-18,35H,1-2,11-12,19-21H2,3-8H3,(H,31,32,36)/b22-15+,24-16+. The highest BCUT2D eigenvalue weighted by molar-refractivity contribution is 5.96. The summed E-state index contributed by atoms with van der Waals surface area (Å²) in [5, 5.41) is 11.2. The predicted octanol–water partition coefficient (Wildman–Crippen LogP) is 3.84. The average Bonchev–Trinajstić information content (AvgIpc) is 2.82. The van der Waals surface area contributed by atoms with Crippen molar-refractivity contribution in [2.75, 3.05) is 31.1 Å². The summed E-state index contributed by atoms with van der Waals surface area (Å²) in [6, 6.07) is 6.65. The minimum absolute atomic E-state index is 0.00561. The summed E-state index contributed by atoms with van der Waals surface area (Å²) in [6.07, 6.45) is 7.36. The van der Waals surface area contributed by atoms with Gasteiger partial charge in [-0.15, -0.1) is 0 Å². The largest absolute Gasteiger partial charge is 0.507 e. The molecule has 2 aromatic rings. The number of benzene rings is 1. The number of carbonyl (C=O) groups is 1. The minimum Gasteiger partial charge on any atom is -0.507 e. The second-order valence-electron chi connectivity index (χ2n) is 10.8. The molecule has 7 nitrogen and oxygen atoms in total. The number of hydrogen-bond donors (Lipinski definition) is 2. The maximum absolute atomic E-state index is 13.1. The van der Waals surface area contributed by atoms with Crippen LogP contribution in [0.4, 0.5) is 5.95 Å². The van der Waals surface area contributed by atoms with E-state index in [1.165, 1.54) is 6.07 Å². The molecule has 2 rings (SSSR count). The predicted molar refractivity (Wildman–Crippen MR) is 153 cm³/mol. The number of anilines is 1. The average molecular weight is 507 g/mol. The Morgan fingerprint density at radius 2 is 1.65 bits per heavy atom. The molecular weight excluding hydrogens is 464 g/mol. The van der Waals surface area contributed by atoms with Gasteiger partial charge in [0.15, 0.2) is 0 Å². The summed E-state index contributed by atoms with van der Waals surface area (Å²) in [5.74, 6) is 0.331. The molecule has 0 fully saturated rings. The first-order valence-corrected chi connectivity index (χ1v) is 12.8. The number of aromatic hydroxyl groups is 1. The Balaban J connectivity index is 2.27. The molecule has 0 bridgehead atoms. The normalized spacial score (nSPS) is 12.9. The van der Waals surface area contributed by atoms with Crippen molar-refractivity contribution in [2.24, 2.45) is 10.8 Å². The van der Waals surface area contributed by atoms with Gasteiger partial charge in [-0.2, -0.15) is 0 Å². The molecule has 0 saturated heterocycles. The summed E-state index contributed by atoms with van der Waals surface area (Å²) >= 11 is 0. The molecule has 0 radical (unpaired) electrons. The Bertz CT molecular complexity index is 1290. The van der Waals surface area contributed by atoms with Crippen LogP contribution in [-0.4, -0.2) is 52.1 Å². The molecule has 0 aliphatic carbocycles. The second-order valence-corrected chi connectivity index (χ2v) is 10.8. The number of allylic oxidation sites excluding steroid dienone is 2. The van der Waals surface area contributed by atoms with E-state index in [1.54, 1.807) is 47.4 Å². The maximum Gasteiger partial charge on any atom is 0.260 e. The fourth-order valence-corrected chi connectivity index (χ4v) is 5.08. The fraction of sp³-hybridized carbons (Fsp3) is 0.433. The number of carbonyl (C=O) groups excluding carboxylic acids is 1. The molecule has 0 atom stereocenters. The van der Waals surface area contributed by atoms with Gasteiger partial charge in [-0.3, -0.25) is 14.6 Å². The molecule has 7 heteroatoms. The van der Waals surface area contributed by atoms with E-state index in [4.69, 9.17) is 4.98 Å². The number of phenolic OH excluding ortho intramolecular Hbond substituents is 1. The molecule has 1 heterocycles. The number of nitrogens with zero attached hydrogens (tertiary/aromatic N) is 3. The lowest BCUT2D eigenvalue weighted by Crippen LogP contribution is -2.47. The summed E-state index contributed by atoms with van der Waals surface area (Å²) in [5.41, 5.74) is -0.277. The fourth-order valence-electron chi connectivity index (χ4n) is 5.08. The highest BCUT2D eigenvalue weighted by Crippen LogP contribution is 2.36. The van der Waals surface area contributed by atoms with E-state index < -0.39 is 0 Å². The number of para-hydroxylation sites is 1. The number of aromatic amines is 1. The van der Waals surface area contributed by atoms with Crippen LogP contribution in [0.5, 0.6) is 5.75 Å². The molecule has 37 heavy (non-hydrogen) atoms. The van der Waals surface area contributed by atoms with Crippen molar-refractivity contribution in [1.82, 2.24) is 14.9 Å². The Morgan fingerprint density at radius 3 is 2.22 bits per heavy atom. The van der Waals surface area contributed by atoms with Crippen LogP contribution in [-0.2, 0) is 0 Å². The van der Waals surface area contributed by atoms with E-state index in [9.17, 15) is 14.7 Å². The summed E-state index contributed by atoms with van der Waals surface area (Å²) < 4.78 is 0. The molecule has 1 aromatic heterocycles. The third-order valence-electron chi connectivity index (χ3n) is 6.21. The first-order chi connectivity index (χ1) is 17.4. The first kappa shape index (κ1) is 29.6. The number of aromatic nitrogens is 2. The number of hydrogen-bond acceptors (Lipinski definition) is 5. The lowest BCUT2D eigenvalue weighted by atomic mass is 9.74. The molecule has 1 aromatic carbocycles. The maximum atomic E-state index is 13.1. The lowest BCUT2D eigenvalue weighted by molar-refractivity contribution is 0.0642. The van der Waals surface area contributed by atoms with Crippen LogP contribution in [0, 0.1) is 10.8 Å². The van der Waals surface area contributed by atoms with Crippen LogP contribution < -0.4 is 21.0 Å². The molecule has 2 N–H and O–H groups in total. The minimum atomic E-state index is -0.226. The van der Waals surface area contributed by atoms with E-state index in [0.29, 0.717) is 48.3 Å². The van der Waals surface area contributed by atoms with Crippen LogP contribution in [0.15, 0.2) is 54.4 Å². The molecule has 0 aliphatic heterocycles. The second kappa shape index (κ2) is 12.6. The van der Waals surface area contributed by atoms with Gasteiger partial charge in [0.25, 0.3) is 11.5 Å². The van der Waals surface area contributed by atoms with E-state index >= 15 is 0 Å². The molecule has 0 unspecified atom stereocenters. The van der Waals surface area contributed by atoms with E-state index in [-0.39, 0.29) is 28.0 Å². The zero-order valence-corrected chi connectivity index (χ0v) is 23.2. The van der Waals surface area contributed by atoms with Crippen molar-refractivity contribution in [3.63, 3.8) is 0 Å². The van der Waals surface area contributed by atoms with Crippen molar-refractivity contribution >= 4 is 24.0 Å². The summed E-state index contributed by atoms with van der Waals surface area (Å²) in [7, 11) is 0. The highest BCUT2D eigenvalue weighted by atomic mass is 16.3. The topological polar surface area (TPSA) is 89.5 Å². The molecule has 0 aliphatic rings. The van der Waals surface area contributed by atoms with Crippen LogP contribution in [0.25, 0.3) is 12.2 Å². The molecule has 1 amide bonds. The molecular formula is C30H42N4O3. The van der Waals surface area contributed by atoms with Gasteiger partial charge in [-0.05, 0) is 55.4 Å². The lowest BCUT2D eigenvalue weighted by Gasteiger charge is -2.40. The third-order valence-corrected chi connectivity index (χ3v) is 6.21. The van der Waals surface area contributed by atoms with Crippen molar-refractivity contribution < 1.29 is 9.90 Å². The number of rotatable bonds is 12. The molecule has 0 saturated carbocycles. The van der Waals surface area contributed by atoms with Crippen LogP contribution in [0.2, 0.25) is 0 Å². The zero-order valence-electron chi connectivity index (χ0n) is 23.2. The SMILES string of the molecule is C=C/C=c1/nc(N(CC)CC(C)(C)CC(C)(C)CN(CC)C(=O)c2ccccc2O)[nH]c(=O)/c1=C/C=C. The van der Waals surface area contributed by atoms with Gasteiger partial charge in [0.1, 0.15) is 5.75 Å². The smallest absolute Gasteiger partial charge is 0.260 e. The molecule has 200 valence electrons. The molecule has 0 spiro atoms. The summed E-state index contributed by atoms with van der Waals surface area (Å²) in [6.45, 7) is 22.5. The number of H-pyrrole nitrogens is 1.